The van der Waals surface area contributed by atoms with Crippen LogP contribution in [-0.4, -0.2) is 15.9 Å². The first kappa shape index (κ1) is 15.0. The van der Waals surface area contributed by atoms with Crippen molar-refractivity contribution in [3.05, 3.63) is 65.0 Å². The van der Waals surface area contributed by atoms with Gasteiger partial charge < -0.3 is 5.32 Å². The van der Waals surface area contributed by atoms with Crippen molar-refractivity contribution in [3.63, 3.8) is 0 Å². The number of hydrogen-bond acceptors (Lipinski definition) is 3. The largest absolute Gasteiger partial charge is 0.317 e. The normalized spacial score (nSPS) is 10.8. The van der Waals surface area contributed by atoms with E-state index in [1.807, 2.05) is 13.8 Å². The molecule has 0 saturated carbocycles. The third kappa shape index (κ3) is 2.88. The molecule has 116 valence electrons. The van der Waals surface area contributed by atoms with Gasteiger partial charge in [-0.05, 0) is 44.2 Å². The molecule has 0 aliphatic heterocycles. The minimum atomic E-state index is -0.828. The van der Waals surface area contributed by atoms with Crippen LogP contribution >= 0.6 is 0 Å². The zero-order chi connectivity index (χ0) is 16.6. The van der Waals surface area contributed by atoms with Crippen LogP contribution in [0.4, 0.5) is 14.5 Å². The van der Waals surface area contributed by atoms with Crippen LogP contribution < -0.4 is 5.32 Å². The van der Waals surface area contributed by atoms with Gasteiger partial charge in [-0.15, -0.1) is 0 Å². The number of halogens is 2. The Labute approximate surface area is 131 Å². The maximum atomic E-state index is 13.6. The fourth-order valence-electron chi connectivity index (χ4n) is 2.17. The van der Waals surface area contributed by atoms with Crippen molar-refractivity contribution in [2.75, 3.05) is 5.32 Å². The fourth-order valence-corrected chi connectivity index (χ4v) is 2.17. The van der Waals surface area contributed by atoms with E-state index in [0.29, 0.717) is 11.0 Å². The number of carbonyl (C=O) groups excluding carboxylic acids is 1. The van der Waals surface area contributed by atoms with Gasteiger partial charge in [-0.3, -0.25) is 4.79 Å². The van der Waals surface area contributed by atoms with E-state index in [2.05, 4.69) is 15.3 Å². The summed E-state index contributed by atoms with van der Waals surface area (Å²) in [6.45, 7) is 3.67. The lowest BCUT2D eigenvalue weighted by Crippen LogP contribution is -2.14. The lowest BCUT2D eigenvalue weighted by Gasteiger charge is -2.08. The van der Waals surface area contributed by atoms with Gasteiger partial charge in [0.1, 0.15) is 17.3 Å². The van der Waals surface area contributed by atoms with Crippen LogP contribution in [0.1, 0.15) is 21.7 Å². The monoisotopic (exact) mass is 313 g/mol. The quantitative estimate of drug-likeness (QED) is 0.783. The van der Waals surface area contributed by atoms with Crippen molar-refractivity contribution in [1.82, 2.24) is 9.97 Å². The average molecular weight is 313 g/mol. The summed E-state index contributed by atoms with van der Waals surface area (Å²) in [4.78, 5) is 21.0. The summed E-state index contributed by atoms with van der Waals surface area (Å²) in [7, 11) is 0. The van der Waals surface area contributed by atoms with Crippen LogP contribution in [0.25, 0.3) is 11.0 Å². The lowest BCUT2D eigenvalue weighted by molar-refractivity contribution is 0.102. The Hall–Kier alpha value is -2.89. The molecule has 0 fully saturated rings. The van der Waals surface area contributed by atoms with Gasteiger partial charge in [0.15, 0.2) is 0 Å². The van der Waals surface area contributed by atoms with Crippen LogP contribution in [0, 0.1) is 25.5 Å². The van der Waals surface area contributed by atoms with Gasteiger partial charge in [0.2, 0.25) is 0 Å². The van der Waals surface area contributed by atoms with Gasteiger partial charge in [0, 0.05) is 5.56 Å². The van der Waals surface area contributed by atoms with Crippen molar-refractivity contribution < 1.29 is 13.6 Å². The number of aryl methyl sites for hydroxylation is 2. The molecule has 0 saturated heterocycles. The second-order valence-corrected chi connectivity index (χ2v) is 5.15. The highest BCUT2D eigenvalue weighted by atomic mass is 19.1. The number of carbonyl (C=O) groups is 1. The molecular weight excluding hydrogens is 300 g/mol. The molecule has 0 unspecified atom stereocenters. The zero-order valence-electron chi connectivity index (χ0n) is 12.5. The Morgan fingerprint density at radius 2 is 1.57 bits per heavy atom. The van der Waals surface area contributed by atoms with Gasteiger partial charge >= 0.3 is 0 Å². The van der Waals surface area contributed by atoms with E-state index in [-0.39, 0.29) is 5.56 Å². The van der Waals surface area contributed by atoms with Gasteiger partial charge in [0.25, 0.3) is 5.91 Å². The van der Waals surface area contributed by atoms with E-state index in [1.54, 1.807) is 18.2 Å². The molecular formula is C17H13F2N3O. The van der Waals surface area contributed by atoms with Gasteiger partial charge in [0.05, 0.1) is 22.4 Å². The molecule has 3 rings (SSSR count). The second-order valence-electron chi connectivity index (χ2n) is 5.15. The molecule has 23 heavy (non-hydrogen) atoms. The summed E-state index contributed by atoms with van der Waals surface area (Å²) in [5.74, 6) is -2.27. The Morgan fingerprint density at radius 1 is 0.957 bits per heavy atom. The molecule has 0 aliphatic rings. The van der Waals surface area contributed by atoms with Crippen LogP contribution in [0.3, 0.4) is 0 Å². The molecule has 6 heteroatoms. The van der Waals surface area contributed by atoms with Crippen molar-refractivity contribution in [1.29, 1.82) is 0 Å². The Morgan fingerprint density at radius 3 is 2.22 bits per heavy atom. The molecule has 0 atom stereocenters. The minimum Gasteiger partial charge on any atom is -0.317 e. The van der Waals surface area contributed by atoms with Crippen LogP contribution in [0.2, 0.25) is 0 Å². The summed E-state index contributed by atoms with van der Waals surface area (Å²) in [5, 5.41) is 2.25. The highest BCUT2D eigenvalue weighted by molar-refractivity contribution is 6.06. The van der Waals surface area contributed by atoms with Crippen molar-refractivity contribution in [2.45, 2.75) is 13.8 Å². The van der Waals surface area contributed by atoms with E-state index >= 15 is 0 Å². The number of rotatable bonds is 2. The van der Waals surface area contributed by atoms with E-state index < -0.39 is 23.2 Å². The topological polar surface area (TPSA) is 54.9 Å². The van der Waals surface area contributed by atoms with Crippen LogP contribution in [0.5, 0.6) is 0 Å². The second kappa shape index (κ2) is 5.72. The third-order valence-corrected chi connectivity index (χ3v) is 3.54. The standard InChI is InChI=1S/C17H13F2N3O/c1-9-10(2)21-15-8-11(6-7-14(15)20-9)17(23)22-16-12(18)4-3-5-13(16)19/h3-8H,1-2H3,(H,22,23). The summed E-state index contributed by atoms with van der Waals surface area (Å²) in [6.07, 6.45) is 0. The molecule has 1 N–H and O–H groups in total. The first-order valence-corrected chi connectivity index (χ1v) is 6.96. The maximum absolute atomic E-state index is 13.6. The summed E-state index contributed by atoms with van der Waals surface area (Å²) in [6, 6.07) is 8.13. The summed E-state index contributed by atoms with van der Waals surface area (Å²) in [5.41, 5.74) is 2.55. The Bertz CT molecular complexity index is 905. The number of fused-ring (bicyclic) bond motifs is 1. The molecule has 2 aromatic carbocycles. The third-order valence-electron chi connectivity index (χ3n) is 3.54. The predicted octanol–water partition coefficient (Wildman–Crippen LogP) is 3.78. The SMILES string of the molecule is Cc1nc2ccc(C(=O)Nc3c(F)cccc3F)cc2nc1C. The number of aromatic nitrogens is 2. The molecule has 1 amide bonds. The van der Waals surface area contributed by atoms with Gasteiger partial charge in [-0.25, -0.2) is 18.7 Å². The number of para-hydroxylation sites is 1. The van der Waals surface area contributed by atoms with Crippen LogP contribution in [0.15, 0.2) is 36.4 Å². The Kier molecular flexibility index (Phi) is 3.73. The number of hydrogen-bond donors (Lipinski definition) is 1. The molecule has 0 bridgehead atoms. The zero-order valence-corrected chi connectivity index (χ0v) is 12.5. The van der Waals surface area contributed by atoms with Crippen molar-refractivity contribution in [3.8, 4) is 0 Å². The maximum Gasteiger partial charge on any atom is 0.255 e. The first-order chi connectivity index (χ1) is 11.0. The summed E-state index contributed by atoms with van der Waals surface area (Å²) >= 11 is 0. The molecule has 4 nitrogen and oxygen atoms in total. The number of amides is 1. The highest BCUT2D eigenvalue weighted by Crippen LogP contribution is 2.20. The number of nitrogens with one attached hydrogen (secondary N) is 1. The highest BCUT2D eigenvalue weighted by Gasteiger charge is 2.14. The van der Waals surface area contributed by atoms with E-state index in [0.717, 1.165) is 23.5 Å². The van der Waals surface area contributed by atoms with Crippen molar-refractivity contribution in [2.24, 2.45) is 0 Å². The molecule has 0 aliphatic carbocycles. The molecule has 3 aromatic rings. The van der Waals surface area contributed by atoms with E-state index in [4.69, 9.17) is 0 Å². The molecule has 0 radical (unpaired) electrons. The fraction of sp³-hybridized carbons (Fsp3) is 0.118. The first-order valence-electron chi connectivity index (χ1n) is 6.96. The number of nitrogens with zero attached hydrogens (tertiary/aromatic N) is 2. The van der Waals surface area contributed by atoms with Crippen molar-refractivity contribution >= 4 is 22.6 Å². The number of benzene rings is 2. The van der Waals surface area contributed by atoms with Gasteiger partial charge in [-0.1, -0.05) is 6.07 Å². The van der Waals surface area contributed by atoms with Gasteiger partial charge in [-0.2, -0.15) is 0 Å². The minimum absolute atomic E-state index is 0.248. The predicted molar refractivity (Wildman–Crippen MR) is 83.3 cm³/mol. The molecule has 1 heterocycles. The molecule has 0 spiro atoms. The summed E-state index contributed by atoms with van der Waals surface area (Å²) < 4.78 is 27.2. The average Bonchev–Trinajstić information content (AvgIpc) is 2.51. The lowest BCUT2D eigenvalue weighted by atomic mass is 10.1. The number of anilines is 1. The molecule has 1 aromatic heterocycles. The smallest absolute Gasteiger partial charge is 0.255 e. The van der Waals surface area contributed by atoms with E-state index in [9.17, 15) is 13.6 Å². The van der Waals surface area contributed by atoms with E-state index in [1.165, 1.54) is 6.07 Å². The van der Waals surface area contributed by atoms with Crippen LogP contribution in [-0.2, 0) is 0 Å². The Balaban J connectivity index is 1.96.